The number of carboxylic acid groups (broad SMARTS) is 3. The minimum Gasteiger partial charge on any atom is -0.480 e. The van der Waals surface area contributed by atoms with Crippen LogP contribution in [0.4, 0.5) is 0 Å². The van der Waals surface area contributed by atoms with Gasteiger partial charge in [0.2, 0.25) is 11.8 Å². The Kier molecular flexibility index (Phi) is 31.8. The van der Waals surface area contributed by atoms with Gasteiger partial charge in [0.15, 0.2) is 23.0 Å². The minimum atomic E-state index is -1.10. The highest BCUT2D eigenvalue weighted by molar-refractivity contribution is 14.1. The Bertz CT molecular complexity index is 589. The van der Waals surface area contributed by atoms with Crippen LogP contribution in [0, 0.1) is 0 Å². The van der Waals surface area contributed by atoms with Gasteiger partial charge in [0, 0.05) is 19.3 Å². The number of aliphatic carboxylic acids is 3. The van der Waals surface area contributed by atoms with Crippen molar-refractivity contribution in [2.45, 2.75) is 66.3 Å². The zero-order valence-electron chi connectivity index (χ0n) is 19.3. The molecule has 0 bridgehead atoms. The number of hydrogen-bond donors (Lipinski definition) is 6. The standard InChI is InChI=1S/C9H15NO4.C5H9NO3.C2H4INO4.C2H6/c1-3-8(12)10-7(9(13)14)5-4-6(2)11;1-2-4(7)6-3-5(8)9;3-7-8-4-1-2(5)6;1-2/h7H,3-5H2,1-2H3,(H,10,12)(H,13,14);2-3H2,1H3,(H,6,7)(H,8,9);4H,1H2,(H,5,6);1-2H3. The van der Waals surface area contributed by atoms with Crippen molar-refractivity contribution >= 4 is 58.5 Å². The Morgan fingerprint density at radius 3 is 1.70 bits per heavy atom. The van der Waals surface area contributed by atoms with Crippen LogP contribution >= 0.6 is 23.0 Å². The molecule has 0 aliphatic rings. The molecule has 6 N–H and O–H groups in total. The lowest BCUT2D eigenvalue weighted by Crippen LogP contribution is -2.40. The quantitative estimate of drug-likeness (QED) is 0.0755. The molecule has 0 fully saturated rings. The van der Waals surface area contributed by atoms with Crippen LogP contribution in [0.2, 0.25) is 0 Å². The summed E-state index contributed by atoms with van der Waals surface area (Å²) in [5.41, 5.74) is 2.01. The average molecular weight is 595 g/mol. The summed E-state index contributed by atoms with van der Waals surface area (Å²) in [6.07, 6.45) is 0.883. The van der Waals surface area contributed by atoms with Gasteiger partial charge in [0.1, 0.15) is 24.9 Å². The highest BCUT2D eigenvalue weighted by Gasteiger charge is 2.19. The van der Waals surface area contributed by atoms with Gasteiger partial charge in [-0.2, -0.15) is 5.48 Å². The first-order valence-electron chi connectivity index (χ1n) is 9.80. The summed E-state index contributed by atoms with van der Waals surface area (Å²) >= 11 is 1.46. The SMILES string of the molecule is CC.CCC(=O)NC(CCC(C)=O)C(=O)O.CCC(=O)NCC(=O)O.O=C(O)CNOOI. The Morgan fingerprint density at radius 1 is 0.879 bits per heavy atom. The molecule has 33 heavy (non-hydrogen) atoms. The monoisotopic (exact) mass is 595 g/mol. The first kappa shape index (κ1) is 37.9. The van der Waals surface area contributed by atoms with Gasteiger partial charge in [-0.15, -0.1) is 8.21 Å². The van der Waals surface area contributed by atoms with Gasteiger partial charge < -0.3 is 30.7 Å². The van der Waals surface area contributed by atoms with Crippen molar-refractivity contribution in [3.05, 3.63) is 0 Å². The second-order valence-electron chi connectivity index (χ2n) is 5.44. The second kappa shape index (κ2) is 27.7. The number of amides is 2. The van der Waals surface area contributed by atoms with E-state index in [0.29, 0.717) is 6.42 Å². The second-order valence-corrected chi connectivity index (χ2v) is 5.80. The third-order valence-electron chi connectivity index (χ3n) is 2.81. The molecular weight excluding hydrogens is 561 g/mol. The molecule has 194 valence electrons. The number of carbonyl (C=O) groups excluding carboxylic acids is 3. The molecule has 0 saturated heterocycles. The van der Waals surface area contributed by atoms with Gasteiger partial charge in [0.25, 0.3) is 0 Å². The first-order chi connectivity index (χ1) is 15.4. The molecule has 1 unspecified atom stereocenters. The van der Waals surface area contributed by atoms with Gasteiger partial charge in [-0.05, 0) is 13.3 Å². The Hall–Kier alpha value is -2.37. The zero-order chi connectivity index (χ0) is 26.8. The molecule has 0 aromatic carbocycles. The van der Waals surface area contributed by atoms with E-state index in [1.807, 2.05) is 19.3 Å². The highest BCUT2D eigenvalue weighted by Crippen LogP contribution is 1.99. The van der Waals surface area contributed by atoms with Crippen molar-refractivity contribution in [2.24, 2.45) is 0 Å². The van der Waals surface area contributed by atoms with E-state index in [2.05, 4.69) is 18.8 Å². The fourth-order valence-corrected chi connectivity index (χ4v) is 1.44. The predicted molar refractivity (Wildman–Crippen MR) is 124 cm³/mol. The molecule has 14 nitrogen and oxygen atoms in total. The average Bonchev–Trinajstić information content (AvgIpc) is 2.76. The van der Waals surface area contributed by atoms with Crippen molar-refractivity contribution in [1.82, 2.24) is 16.1 Å². The van der Waals surface area contributed by atoms with E-state index in [-0.39, 0.29) is 49.9 Å². The van der Waals surface area contributed by atoms with Gasteiger partial charge >= 0.3 is 17.9 Å². The number of hydroxylamine groups is 1. The third-order valence-corrected chi connectivity index (χ3v) is 2.99. The Balaban J connectivity index is -0.000000193. The molecule has 15 heteroatoms. The van der Waals surface area contributed by atoms with E-state index in [1.165, 1.54) is 29.9 Å². The van der Waals surface area contributed by atoms with Gasteiger partial charge in [-0.25, -0.2) is 4.79 Å². The number of Topliss-reactive ketones (excluding diaryl/α,β-unsaturated/α-hetero) is 1. The van der Waals surface area contributed by atoms with Crippen molar-refractivity contribution in [2.75, 3.05) is 13.1 Å². The molecule has 0 aromatic rings. The van der Waals surface area contributed by atoms with Crippen molar-refractivity contribution in [1.29, 1.82) is 0 Å². The smallest absolute Gasteiger partial charge is 0.326 e. The van der Waals surface area contributed by atoms with Crippen LogP contribution in [0.5, 0.6) is 0 Å². The van der Waals surface area contributed by atoms with Crippen molar-refractivity contribution < 1.29 is 52.3 Å². The maximum absolute atomic E-state index is 10.9. The molecule has 2 amide bonds. The molecule has 1 atom stereocenters. The molecule has 0 aliphatic carbocycles. The summed E-state index contributed by atoms with van der Waals surface area (Å²) in [5.74, 6) is -3.76. The molecule has 0 aromatic heterocycles. The van der Waals surface area contributed by atoms with E-state index in [9.17, 15) is 28.8 Å². The lowest BCUT2D eigenvalue weighted by molar-refractivity contribution is -0.223. The fourth-order valence-electron chi connectivity index (χ4n) is 1.31. The number of nitrogens with one attached hydrogen (secondary N) is 3. The van der Waals surface area contributed by atoms with Crippen LogP contribution in [0.3, 0.4) is 0 Å². The number of rotatable bonds is 13. The number of halogens is 1. The molecular formula is C18H34IN3O11. The summed E-state index contributed by atoms with van der Waals surface area (Å²) in [6.45, 7) is 8.13. The summed E-state index contributed by atoms with van der Waals surface area (Å²) in [6, 6.07) is -0.952. The number of ketones is 1. The van der Waals surface area contributed by atoms with Crippen LogP contribution in [-0.4, -0.2) is 70.0 Å². The summed E-state index contributed by atoms with van der Waals surface area (Å²) < 4.78 is 3.99. The predicted octanol–water partition coefficient (Wildman–Crippen LogP) is 0.832. The lowest BCUT2D eigenvalue weighted by atomic mass is 10.1. The van der Waals surface area contributed by atoms with Crippen molar-refractivity contribution in [3.8, 4) is 0 Å². The number of carboxylic acids is 3. The summed E-state index contributed by atoms with van der Waals surface area (Å²) in [4.78, 5) is 66.0. The van der Waals surface area contributed by atoms with E-state index >= 15 is 0 Å². The maximum atomic E-state index is 10.9. The fraction of sp³-hybridized carbons (Fsp3) is 0.667. The summed E-state index contributed by atoms with van der Waals surface area (Å²) in [5, 5.41) is 29.2. The van der Waals surface area contributed by atoms with E-state index in [0.717, 1.165) is 0 Å². The van der Waals surface area contributed by atoms with Crippen molar-refractivity contribution in [3.63, 3.8) is 0 Å². The van der Waals surface area contributed by atoms with E-state index < -0.39 is 23.9 Å². The van der Waals surface area contributed by atoms with Crippen LogP contribution in [-0.2, 0) is 37.0 Å². The van der Waals surface area contributed by atoms with E-state index in [4.69, 9.17) is 15.3 Å². The van der Waals surface area contributed by atoms with Crippen LogP contribution < -0.4 is 16.1 Å². The molecule has 0 radical (unpaired) electrons. The first-order valence-corrected chi connectivity index (χ1v) is 10.7. The van der Waals surface area contributed by atoms with Crippen LogP contribution in [0.25, 0.3) is 0 Å². The van der Waals surface area contributed by atoms with Crippen LogP contribution in [0.1, 0.15) is 60.3 Å². The summed E-state index contributed by atoms with van der Waals surface area (Å²) in [7, 11) is 0. The van der Waals surface area contributed by atoms with Gasteiger partial charge in [0.05, 0.1) is 0 Å². The molecule has 0 saturated carbocycles. The maximum Gasteiger partial charge on any atom is 0.326 e. The van der Waals surface area contributed by atoms with Crippen LogP contribution in [0.15, 0.2) is 0 Å². The molecule has 0 spiro atoms. The number of hydrogen-bond acceptors (Lipinski definition) is 9. The Labute approximate surface area is 206 Å². The van der Waals surface area contributed by atoms with Gasteiger partial charge in [-0.3, -0.25) is 19.2 Å². The molecule has 0 heterocycles. The topological polar surface area (TPSA) is 218 Å². The van der Waals surface area contributed by atoms with E-state index in [1.54, 1.807) is 13.8 Å². The third kappa shape index (κ3) is 37.3. The number of carbonyl (C=O) groups is 6. The molecule has 0 aliphatic heterocycles. The van der Waals surface area contributed by atoms with Gasteiger partial charge in [-0.1, -0.05) is 27.7 Å². The normalized spacial score (nSPS) is 9.76. The highest BCUT2D eigenvalue weighted by atomic mass is 127. The largest absolute Gasteiger partial charge is 0.480 e. The Morgan fingerprint density at radius 2 is 1.36 bits per heavy atom. The zero-order valence-corrected chi connectivity index (χ0v) is 21.5. The minimum absolute atomic E-state index is 0.0815. The lowest BCUT2D eigenvalue weighted by Gasteiger charge is -2.12. The molecule has 0 rings (SSSR count).